The van der Waals surface area contributed by atoms with Gasteiger partial charge in [-0.1, -0.05) is 20.8 Å². The van der Waals surface area contributed by atoms with Gasteiger partial charge in [-0.15, -0.1) is 0 Å². The summed E-state index contributed by atoms with van der Waals surface area (Å²) in [5.74, 6) is 0. The number of carbonyl (C=O) groups excluding carboxylic acids is 1. The summed E-state index contributed by atoms with van der Waals surface area (Å²) in [6.45, 7) is 6.19. The minimum atomic E-state index is 0.0360. The average Bonchev–Trinajstić information content (AvgIpc) is 2.32. The summed E-state index contributed by atoms with van der Waals surface area (Å²) < 4.78 is 0. The summed E-state index contributed by atoms with van der Waals surface area (Å²) in [5.41, 5.74) is 1.49. The van der Waals surface area contributed by atoms with Gasteiger partial charge in [0.05, 0.1) is 0 Å². The number of carbonyl (C=O) groups is 1. The number of nitrogens with zero attached hydrogens (tertiary/aromatic N) is 1. The lowest BCUT2D eigenvalue weighted by Gasteiger charge is -2.14. The predicted molar refractivity (Wildman–Crippen MR) is 42.7 cm³/mol. The third-order valence-electron chi connectivity index (χ3n) is 1.53. The molecule has 3 nitrogen and oxygen atoms in total. The minimum absolute atomic E-state index is 0.0360. The smallest absolute Gasteiger partial charge is 0.170 e. The van der Waals surface area contributed by atoms with E-state index in [1.165, 1.54) is 0 Å². The number of H-pyrrole nitrogens is 1. The molecule has 3 heteroatoms. The van der Waals surface area contributed by atoms with Crippen molar-refractivity contribution in [3.8, 4) is 0 Å². The molecule has 0 saturated carbocycles. The molecule has 1 aromatic rings. The van der Waals surface area contributed by atoms with Gasteiger partial charge in [-0.3, -0.25) is 9.89 Å². The molecule has 0 amide bonds. The van der Waals surface area contributed by atoms with Gasteiger partial charge in [0.2, 0.25) is 0 Å². The molecular weight excluding hydrogens is 140 g/mol. The zero-order valence-corrected chi connectivity index (χ0v) is 7.01. The highest BCUT2D eigenvalue weighted by atomic mass is 16.1. The largest absolute Gasteiger partial charge is 0.296 e. The standard InChI is InChI=1S/C8H12N2O/c1-8(2,3)7-4-6(5-11)9-10-7/h4-5H,1-3H3,(H,9,10). The van der Waals surface area contributed by atoms with Gasteiger partial charge in [0.25, 0.3) is 0 Å². The van der Waals surface area contributed by atoms with Gasteiger partial charge in [-0.05, 0) is 6.07 Å². The molecule has 0 radical (unpaired) electrons. The Hall–Kier alpha value is -1.12. The number of aromatic amines is 1. The van der Waals surface area contributed by atoms with Crippen molar-refractivity contribution >= 4 is 6.29 Å². The lowest BCUT2D eigenvalue weighted by Crippen LogP contribution is -2.11. The van der Waals surface area contributed by atoms with Crippen molar-refractivity contribution < 1.29 is 4.79 Å². The predicted octanol–water partition coefficient (Wildman–Crippen LogP) is 1.52. The fraction of sp³-hybridized carbons (Fsp3) is 0.500. The summed E-state index contributed by atoms with van der Waals surface area (Å²) in [6.07, 6.45) is 0.742. The van der Waals surface area contributed by atoms with Crippen LogP contribution in [0.25, 0.3) is 0 Å². The first-order valence-corrected chi connectivity index (χ1v) is 3.55. The van der Waals surface area contributed by atoms with E-state index in [2.05, 4.69) is 31.0 Å². The lowest BCUT2D eigenvalue weighted by molar-refractivity contribution is 0.111. The number of hydrogen-bond donors (Lipinski definition) is 1. The summed E-state index contributed by atoms with van der Waals surface area (Å²) in [6, 6.07) is 1.77. The van der Waals surface area contributed by atoms with Gasteiger partial charge in [-0.2, -0.15) is 5.10 Å². The maximum Gasteiger partial charge on any atom is 0.170 e. The van der Waals surface area contributed by atoms with E-state index in [9.17, 15) is 4.79 Å². The van der Waals surface area contributed by atoms with E-state index in [0.717, 1.165) is 12.0 Å². The Morgan fingerprint density at radius 1 is 1.55 bits per heavy atom. The summed E-state index contributed by atoms with van der Waals surface area (Å²) >= 11 is 0. The Kier molecular flexibility index (Phi) is 1.81. The van der Waals surface area contributed by atoms with Crippen LogP contribution in [-0.4, -0.2) is 16.5 Å². The topological polar surface area (TPSA) is 45.8 Å². The first-order chi connectivity index (χ1) is 5.04. The van der Waals surface area contributed by atoms with Gasteiger partial charge in [-0.25, -0.2) is 0 Å². The van der Waals surface area contributed by atoms with Gasteiger partial charge in [0.1, 0.15) is 5.69 Å². The Balaban J connectivity index is 2.98. The number of aldehydes is 1. The zero-order chi connectivity index (χ0) is 8.48. The molecule has 11 heavy (non-hydrogen) atoms. The minimum Gasteiger partial charge on any atom is -0.296 e. The van der Waals surface area contributed by atoms with E-state index < -0.39 is 0 Å². The quantitative estimate of drug-likeness (QED) is 0.620. The monoisotopic (exact) mass is 152 g/mol. The van der Waals surface area contributed by atoms with E-state index in [-0.39, 0.29) is 5.41 Å². The highest BCUT2D eigenvalue weighted by Gasteiger charge is 2.15. The van der Waals surface area contributed by atoms with Gasteiger partial charge in [0, 0.05) is 11.1 Å². The van der Waals surface area contributed by atoms with E-state index in [1.807, 2.05) is 0 Å². The molecule has 0 bridgehead atoms. The molecule has 1 aromatic heterocycles. The lowest BCUT2D eigenvalue weighted by atomic mass is 9.92. The molecule has 0 spiro atoms. The Morgan fingerprint density at radius 2 is 2.18 bits per heavy atom. The molecule has 0 saturated heterocycles. The van der Waals surface area contributed by atoms with Crippen molar-refractivity contribution in [2.75, 3.05) is 0 Å². The van der Waals surface area contributed by atoms with Crippen LogP contribution in [-0.2, 0) is 5.41 Å². The summed E-state index contributed by atoms with van der Waals surface area (Å²) in [7, 11) is 0. The van der Waals surface area contributed by atoms with Crippen LogP contribution in [0.5, 0.6) is 0 Å². The van der Waals surface area contributed by atoms with Crippen molar-refractivity contribution in [2.45, 2.75) is 26.2 Å². The Bertz CT molecular complexity index is 257. The molecule has 60 valence electrons. The molecule has 0 unspecified atom stereocenters. The van der Waals surface area contributed by atoms with Crippen molar-refractivity contribution in [1.82, 2.24) is 10.2 Å². The first kappa shape index (κ1) is 7.98. The van der Waals surface area contributed by atoms with Crippen LogP contribution in [0.4, 0.5) is 0 Å². The normalized spacial score (nSPS) is 11.5. The van der Waals surface area contributed by atoms with Crippen molar-refractivity contribution in [2.24, 2.45) is 0 Å². The average molecular weight is 152 g/mol. The van der Waals surface area contributed by atoms with E-state index in [0.29, 0.717) is 5.69 Å². The van der Waals surface area contributed by atoms with Crippen LogP contribution in [0.15, 0.2) is 6.07 Å². The van der Waals surface area contributed by atoms with E-state index >= 15 is 0 Å². The molecule has 1 rings (SSSR count). The molecule has 0 aliphatic carbocycles. The van der Waals surface area contributed by atoms with Crippen molar-refractivity contribution in [1.29, 1.82) is 0 Å². The maximum atomic E-state index is 10.3. The molecule has 1 N–H and O–H groups in total. The molecule has 0 aromatic carbocycles. The zero-order valence-electron chi connectivity index (χ0n) is 7.01. The number of rotatable bonds is 1. The summed E-state index contributed by atoms with van der Waals surface area (Å²) in [5, 5.41) is 6.62. The van der Waals surface area contributed by atoms with Crippen molar-refractivity contribution in [3.05, 3.63) is 17.5 Å². The molecule has 0 atom stereocenters. The highest BCUT2D eigenvalue weighted by Crippen LogP contribution is 2.19. The molecule has 0 aliphatic rings. The fourth-order valence-corrected chi connectivity index (χ4v) is 0.782. The molecule has 1 heterocycles. The Labute approximate surface area is 65.8 Å². The second-order valence-electron chi connectivity index (χ2n) is 3.57. The van der Waals surface area contributed by atoms with E-state index in [4.69, 9.17) is 0 Å². The molecule has 0 aliphatic heterocycles. The third kappa shape index (κ3) is 1.67. The van der Waals surface area contributed by atoms with Gasteiger partial charge < -0.3 is 0 Å². The highest BCUT2D eigenvalue weighted by molar-refractivity contribution is 5.71. The molecular formula is C8H12N2O. The van der Waals surface area contributed by atoms with Crippen LogP contribution in [0.2, 0.25) is 0 Å². The number of aromatic nitrogens is 2. The maximum absolute atomic E-state index is 10.3. The number of hydrogen-bond acceptors (Lipinski definition) is 2. The van der Waals surface area contributed by atoms with Crippen molar-refractivity contribution in [3.63, 3.8) is 0 Å². The van der Waals surface area contributed by atoms with Gasteiger partial charge in [0.15, 0.2) is 6.29 Å². The van der Waals surface area contributed by atoms with E-state index in [1.54, 1.807) is 6.07 Å². The number of nitrogens with one attached hydrogen (secondary N) is 1. The summed E-state index contributed by atoms with van der Waals surface area (Å²) in [4.78, 5) is 10.3. The van der Waals surface area contributed by atoms with Crippen LogP contribution >= 0.6 is 0 Å². The molecule has 0 fully saturated rings. The van der Waals surface area contributed by atoms with Gasteiger partial charge >= 0.3 is 0 Å². The van der Waals surface area contributed by atoms with Crippen LogP contribution in [0.1, 0.15) is 37.0 Å². The SMILES string of the molecule is CC(C)(C)c1cc(C=O)n[nH]1. The van der Waals surface area contributed by atoms with Crippen LogP contribution < -0.4 is 0 Å². The second-order valence-corrected chi connectivity index (χ2v) is 3.57. The van der Waals surface area contributed by atoms with Crippen LogP contribution in [0, 0.1) is 0 Å². The fourth-order valence-electron chi connectivity index (χ4n) is 0.782. The third-order valence-corrected chi connectivity index (χ3v) is 1.53. The van der Waals surface area contributed by atoms with Crippen LogP contribution in [0.3, 0.4) is 0 Å². The second kappa shape index (κ2) is 2.49. The Morgan fingerprint density at radius 3 is 2.45 bits per heavy atom. The first-order valence-electron chi connectivity index (χ1n) is 3.55.